The highest BCUT2D eigenvalue weighted by Crippen LogP contribution is 2.26. The fourth-order valence-electron chi connectivity index (χ4n) is 3.23. The van der Waals surface area contributed by atoms with Crippen molar-refractivity contribution < 1.29 is 14.1 Å². The zero-order valence-corrected chi connectivity index (χ0v) is 18.3. The van der Waals surface area contributed by atoms with Gasteiger partial charge in [0, 0.05) is 36.7 Å². The summed E-state index contributed by atoms with van der Waals surface area (Å²) in [6.45, 7) is 5.04. The predicted molar refractivity (Wildman–Crippen MR) is 118 cm³/mol. The standard InChI is InChI=1S/C22H23N5O3S/c1-3-27-18-8-7-16(21(28)29-4-2)14-17(18)24-22(27)31-13-5-6-19-25-20(26-30-19)15-9-11-23-12-10-15/h7-12,14H,3-6,13H2,1-2H3. The van der Waals surface area contributed by atoms with E-state index in [-0.39, 0.29) is 5.97 Å². The number of aromatic nitrogens is 5. The molecule has 0 amide bonds. The van der Waals surface area contributed by atoms with Gasteiger partial charge >= 0.3 is 5.97 Å². The lowest BCUT2D eigenvalue weighted by Gasteiger charge is -2.05. The number of aryl methyl sites for hydroxylation is 2. The summed E-state index contributed by atoms with van der Waals surface area (Å²) in [5, 5.41) is 4.97. The maximum Gasteiger partial charge on any atom is 0.338 e. The zero-order chi connectivity index (χ0) is 21.6. The van der Waals surface area contributed by atoms with Crippen LogP contribution in [0.5, 0.6) is 0 Å². The van der Waals surface area contributed by atoms with E-state index in [2.05, 4.69) is 26.6 Å². The summed E-state index contributed by atoms with van der Waals surface area (Å²) in [4.78, 5) is 25.2. The van der Waals surface area contributed by atoms with E-state index in [9.17, 15) is 4.79 Å². The zero-order valence-electron chi connectivity index (χ0n) is 17.4. The summed E-state index contributed by atoms with van der Waals surface area (Å²) < 4.78 is 12.6. The number of fused-ring (bicyclic) bond motifs is 1. The van der Waals surface area contributed by atoms with Crippen LogP contribution >= 0.6 is 11.8 Å². The third-order valence-corrected chi connectivity index (χ3v) is 5.78. The summed E-state index contributed by atoms with van der Waals surface area (Å²) >= 11 is 1.68. The second kappa shape index (κ2) is 9.74. The first-order valence-electron chi connectivity index (χ1n) is 10.2. The van der Waals surface area contributed by atoms with Gasteiger partial charge in [0.2, 0.25) is 11.7 Å². The Morgan fingerprint density at radius 3 is 2.77 bits per heavy atom. The topological polar surface area (TPSA) is 95.9 Å². The third kappa shape index (κ3) is 4.77. The van der Waals surface area contributed by atoms with Gasteiger partial charge in [0.15, 0.2) is 5.16 Å². The second-order valence-electron chi connectivity index (χ2n) is 6.76. The fraction of sp³-hybridized carbons (Fsp3) is 0.318. The van der Waals surface area contributed by atoms with Gasteiger partial charge in [-0.25, -0.2) is 9.78 Å². The van der Waals surface area contributed by atoms with Crippen LogP contribution in [0.3, 0.4) is 0 Å². The fourth-order valence-corrected chi connectivity index (χ4v) is 4.24. The number of thioether (sulfide) groups is 1. The van der Waals surface area contributed by atoms with Crippen LogP contribution in [0, 0.1) is 0 Å². The van der Waals surface area contributed by atoms with Crippen molar-refractivity contribution in [1.82, 2.24) is 24.7 Å². The van der Waals surface area contributed by atoms with Crippen LogP contribution in [0.2, 0.25) is 0 Å². The largest absolute Gasteiger partial charge is 0.462 e. The lowest BCUT2D eigenvalue weighted by molar-refractivity contribution is 0.0526. The molecule has 8 nitrogen and oxygen atoms in total. The summed E-state index contributed by atoms with van der Waals surface area (Å²) in [6, 6.07) is 9.22. The second-order valence-corrected chi connectivity index (χ2v) is 7.82. The molecule has 0 radical (unpaired) electrons. The van der Waals surface area contributed by atoms with Crippen molar-refractivity contribution in [2.75, 3.05) is 12.4 Å². The first-order valence-corrected chi connectivity index (χ1v) is 11.2. The molecule has 0 saturated carbocycles. The molecule has 0 bridgehead atoms. The molecule has 9 heteroatoms. The van der Waals surface area contributed by atoms with Crippen LogP contribution in [0.15, 0.2) is 52.4 Å². The Morgan fingerprint density at radius 1 is 1.16 bits per heavy atom. The predicted octanol–water partition coefficient (Wildman–Crippen LogP) is 4.40. The van der Waals surface area contributed by atoms with E-state index in [1.165, 1.54) is 0 Å². The Balaban J connectivity index is 1.38. The maximum atomic E-state index is 12.0. The van der Waals surface area contributed by atoms with Crippen LogP contribution in [0.25, 0.3) is 22.4 Å². The van der Waals surface area contributed by atoms with E-state index in [1.807, 2.05) is 18.2 Å². The van der Waals surface area contributed by atoms with Gasteiger partial charge in [-0.15, -0.1) is 0 Å². The minimum Gasteiger partial charge on any atom is -0.462 e. The molecule has 0 saturated heterocycles. The van der Waals surface area contributed by atoms with Crippen LogP contribution < -0.4 is 0 Å². The average molecular weight is 438 g/mol. The molecule has 0 aliphatic carbocycles. The lowest BCUT2D eigenvalue weighted by Crippen LogP contribution is -2.04. The van der Waals surface area contributed by atoms with Crippen molar-refractivity contribution in [2.24, 2.45) is 0 Å². The van der Waals surface area contributed by atoms with Gasteiger partial charge in [-0.1, -0.05) is 16.9 Å². The Hall–Kier alpha value is -3.20. The Kier molecular flexibility index (Phi) is 6.61. The van der Waals surface area contributed by atoms with Gasteiger partial charge in [-0.05, 0) is 50.6 Å². The van der Waals surface area contributed by atoms with E-state index in [1.54, 1.807) is 43.2 Å². The minimum atomic E-state index is -0.324. The number of esters is 1. The molecule has 0 N–H and O–H groups in total. The van der Waals surface area contributed by atoms with E-state index < -0.39 is 0 Å². The maximum absolute atomic E-state index is 12.0. The van der Waals surface area contributed by atoms with E-state index in [4.69, 9.17) is 14.2 Å². The van der Waals surface area contributed by atoms with E-state index in [0.717, 1.165) is 40.5 Å². The van der Waals surface area contributed by atoms with Gasteiger partial charge < -0.3 is 13.8 Å². The van der Waals surface area contributed by atoms with Gasteiger partial charge in [0.05, 0.1) is 23.2 Å². The van der Waals surface area contributed by atoms with Crippen molar-refractivity contribution in [1.29, 1.82) is 0 Å². The molecule has 0 spiro atoms. The molecular formula is C22H23N5O3S. The summed E-state index contributed by atoms with van der Waals surface area (Å²) in [5.41, 5.74) is 3.22. The van der Waals surface area contributed by atoms with E-state index >= 15 is 0 Å². The minimum absolute atomic E-state index is 0.324. The molecule has 4 rings (SSSR count). The Labute approximate surface area is 184 Å². The number of benzene rings is 1. The number of imidazole rings is 1. The van der Waals surface area contributed by atoms with Crippen LogP contribution in [0.1, 0.15) is 36.5 Å². The molecule has 31 heavy (non-hydrogen) atoms. The molecular weight excluding hydrogens is 414 g/mol. The molecule has 0 aliphatic rings. The van der Waals surface area contributed by atoms with E-state index in [0.29, 0.717) is 30.3 Å². The number of rotatable bonds is 9. The van der Waals surface area contributed by atoms with Crippen molar-refractivity contribution in [3.63, 3.8) is 0 Å². The highest BCUT2D eigenvalue weighted by atomic mass is 32.2. The first kappa shape index (κ1) is 21.0. The van der Waals surface area contributed by atoms with Crippen LogP contribution in [0.4, 0.5) is 0 Å². The number of ether oxygens (including phenoxy) is 1. The Morgan fingerprint density at radius 2 is 2.00 bits per heavy atom. The lowest BCUT2D eigenvalue weighted by atomic mass is 10.2. The number of hydrogen-bond donors (Lipinski definition) is 0. The number of carbonyl (C=O) groups excluding carboxylic acids is 1. The van der Waals surface area contributed by atoms with Crippen molar-refractivity contribution in [3.05, 3.63) is 54.2 Å². The van der Waals surface area contributed by atoms with Crippen LogP contribution in [-0.4, -0.2) is 43.0 Å². The number of pyridine rings is 1. The van der Waals surface area contributed by atoms with Gasteiger partial charge in [0.25, 0.3) is 0 Å². The van der Waals surface area contributed by atoms with Crippen molar-refractivity contribution in [3.8, 4) is 11.4 Å². The van der Waals surface area contributed by atoms with Gasteiger partial charge in [0.1, 0.15) is 0 Å². The molecule has 0 aliphatic heterocycles. The molecule has 1 aromatic carbocycles. The number of carbonyl (C=O) groups is 1. The Bertz CT molecular complexity index is 1170. The monoisotopic (exact) mass is 437 g/mol. The van der Waals surface area contributed by atoms with Crippen LogP contribution in [-0.2, 0) is 17.7 Å². The molecule has 160 valence electrons. The van der Waals surface area contributed by atoms with Gasteiger partial charge in [-0.2, -0.15) is 4.98 Å². The smallest absolute Gasteiger partial charge is 0.338 e. The average Bonchev–Trinajstić information content (AvgIpc) is 3.41. The molecule has 0 fully saturated rings. The normalized spacial score (nSPS) is 11.2. The molecule has 4 aromatic rings. The van der Waals surface area contributed by atoms with Crippen molar-refractivity contribution >= 4 is 28.8 Å². The molecule has 0 unspecified atom stereocenters. The molecule has 3 heterocycles. The highest BCUT2D eigenvalue weighted by molar-refractivity contribution is 7.99. The van der Waals surface area contributed by atoms with Crippen molar-refractivity contribution in [2.45, 2.75) is 38.4 Å². The number of nitrogens with zero attached hydrogens (tertiary/aromatic N) is 5. The summed E-state index contributed by atoms with van der Waals surface area (Å²) in [6.07, 6.45) is 4.99. The van der Waals surface area contributed by atoms with Gasteiger partial charge in [-0.3, -0.25) is 4.98 Å². The molecule has 0 atom stereocenters. The first-order chi connectivity index (χ1) is 15.2. The summed E-state index contributed by atoms with van der Waals surface area (Å²) in [5.74, 6) is 1.74. The SMILES string of the molecule is CCOC(=O)c1ccc2c(c1)nc(SCCCc1nc(-c3ccncc3)no1)n2CC. The summed E-state index contributed by atoms with van der Waals surface area (Å²) in [7, 11) is 0. The molecule has 3 aromatic heterocycles. The quantitative estimate of drug-likeness (QED) is 0.216. The third-order valence-electron chi connectivity index (χ3n) is 4.71. The highest BCUT2D eigenvalue weighted by Gasteiger charge is 2.14. The number of hydrogen-bond acceptors (Lipinski definition) is 8.